The van der Waals surface area contributed by atoms with Crippen LogP contribution in [0, 0.1) is 3.70 Å². The van der Waals surface area contributed by atoms with E-state index in [1.54, 1.807) is 6.07 Å². The SMILES string of the molecule is O=C(O)c1cc(Br)cc2c(I)n[nH]c12. The van der Waals surface area contributed by atoms with Crippen LogP contribution in [-0.2, 0) is 0 Å². The van der Waals surface area contributed by atoms with Gasteiger partial charge in [0.2, 0.25) is 0 Å². The molecule has 0 aliphatic carbocycles. The monoisotopic (exact) mass is 366 g/mol. The minimum absolute atomic E-state index is 0.227. The van der Waals surface area contributed by atoms with Gasteiger partial charge in [0.1, 0.15) is 3.70 Å². The number of aromatic nitrogens is 2. The lowest BCUT2D eigenvalue weighted by atomic mass is 10.1. The highest BCUT2D eigenvalue weighted by atomic mass is 127. The van der Waals surface area contributed by atoms with E-state index in [-0.39, 0.29) is 5.56 Å². The van der Waals surface area contributed by atoms with Crippen LogP contribution in [0.25, 0.3) is 10.9 Å². The molecule has 1 aromatic heterocycles. The third-order valence-corrected chi connectivity index (χ3v) is 3.10. The number of rotatable bonds is 1. The van der Waals surface area contributed by atoms with Gasteiger partial charge in [-0.3, -0.25) is 5.10 Å². The van der Waals surface area contributed by atoms with Gasteiger partial charge in [0.05, 0.1) is 11.1 Å². The summed E-state index contributed by atoms with van der Waals surface area (Å²) in [5, 5.41) is 16.4. The van der Waals surface area contributed by atoms with Gasteiger partial charge >= 0.3 is 5.97 Å². The van der Waals surface area contributed by atoms with Gasteiger partial charge in [-0.1, -0.05) is 15.9 Å². The van der Waals surface area contributed by atoms with Crippen LogP contribution in [0.15, 0.2) is 16.6 Å². The maximum Gasteiger partial charge on any atom is 0.337 e. The van der Waals surface area contributed by atoms with Gasteiger partial charge in [0.25, 0.3) is 0 Å². The highest BCUT2D eigenvalue weighted by Crippen LogP contribution is 2.25. The Morgan fingerprint density at radius 3 is 2.93 bits per heavy atom. The zero-order valence-corrected chi connectivity index (χ0v) is 10.5. The Kier molecular flexibility index (Phi) is 2.48. The lowest BCUT2D eigenvalue weighted by Gasteiger charge is -1.97. The van der Waals surface area contributed by atoms with Crippen molar-refractivity contribution in [2.45, 2.75) is 0 Å². The molecular formula is C8H4BrIN2O2. The summed E-state index contributed by atoms with van der Waals surface area (Å²) in [6.45, 7) is 0. The molecule has 0 atom stereocenters. The molecule has 2 rings (SSSR count). The zero-order valence-electron chi connectivity index (χ0n) is 6.71. The van der Waals surface area contributed by atoms with Crippen molar-refractivity contribution in [3.8, 4) is 0 Å². The molecule has 0 spiro atoms. The fourth-order valence-corrected chi connectivity index (χ4v) is 2.23. The lowest BCUT2D eigenvalue weighted by molar-refractivity contribution is 0.0698. The molecule has 14 heavy (non-hydrogen) atoms. The molecule has 1 heterocycles. The first-order chi connectivity index (χ1) is 6.59. The molecule has 0 saturated heterocycles. The molecule has 1 aromatic carbocycles. The van der Waals surface area contributed by atoms with Crippen LogP contribution in [0.4, 0.5) is 0 Å². The maximum absolute atomic E-state index is 10.9. The molecule has 0 fully saturated rings. The van der Waals surface area contributed by atoms with Crippen molar-refractivity contribution in [2.24, 2.45) is 0 Å². The fourth-order valence-electron chi connectivity index (χ4n) is 1.22. The first kappa shape index (κ1) is 9.91. The largest absolute Gasteiger partial charge is 0.478 e. The minimum atomic E-state index is -0.962. The smallest absolute Gasteiger partial charge is 0.337 e. The summed E-state index contributed by atoms with van der Waals surface area (Å²) in [5.74, 6) is -0.962. The Hall–Kier alpha value is -0.630. The summed E-state index contributed by atoms with van der Waals surface area (Å²) >= 11 is 5.32. The van der Waals surface area contributed by atoms with Gasteiger partial charge < -0.3 is 5.11 Å². The second-order valence-corrected chi connectivity index (χ2v) is 4.63. The van der Waals surface area contributed by atoms with Gasteiger partial charge in [-0.2, -0.15) is 5.10 Å². The molecule has 0 aliphatic rings. The number of nitrogens with one attached hydrogen (secondary N) is 1. The van der Waals surface area contributed by atoms with Crippen LogP contribution in [-0.4, -0.2) is 21.3 Å². The molecule has 2 N–H and O–H groups in total. The molecule has 4 nitrogen and oxygen atoms in total. The molecule has 2 aromatic rings. The van der Waals surface area contributed by atoms with Gasteiger partial charge in [-0.25, -0.2) is 4.79 Å². The first-order valence-corrected chi connectivity index (χ1v) is 5.53. The van der Waals surface area contributed by atoms with E-state index in [0.29, 0.717) is 5.52 Å². The maximum atomic E-state index is 10.9. The van der Waals surface area contributed by atoms with Gasteiger partial charge in [0.15, 0.2) is 0 Å². The van der Waals surface area contributed by atoms with E-state index >= 15 is 0 Å². The third kappa shape index (κ3) is 1.52. The lowest BCUT2D eigenvalue weighted by Crippen LogP contribution is -1.97. The number of hydrogen-bond acceptors (Lipinski definition) is 2. The average molecular weight is 367 g/mol. The van der Waals surface area contributed by atoms with Crippen molar-refractivity contribution in [3.63, 3.8) is 0 Å². The topological polar surface area (TPSA) is 66.0 Å². The second kappa shape index (κ2) is 3.50. The second-order valence-electron chi connectivity index (χ2n) is 2.70. The van der Waals surface area contributed by atoms with E-state index < -0.39 is 5.97 Å². The molecule has 0 saturated carbocycles. The van der Waals surface area contributed by atoms with Gasteiger partial charge in [0, 0.05) is 9.86 Å². The van der Waals surface area contributed by atoms with Crippen molar-refractivity contribution in [3.05, 3.63) is 25.9 Å². The van der Waals surface area contributed by atoms with E-state index in [2.05, 4.69) is 48.7 Å². The number of carboxylic acid groups (broad SMARTS) is 1. The molecule has 0 unspecified atom stereocenters. The number of aromatic carboxylic acids is 1. The standard InChI is InChI=1S/C8H4BrIN2O2/c9-3-1-4-6(11-12-7(4)10)5(2-3)8(13)14/h1-2H,(H,11,12)(H,13,14). The summed E-state index contributed by atoms with van der Waals surface area (Å²) in [4.78, 5) is 10.9. The predicted octanol–water partition coefficient (Wildman–Crippen LogP) is 2.63. The fraction of sp³-hybridized carbons (Fsp3) is 0. The zero-order chi connectivity index (χ0) is 10.3. The molecule has 0 bridgehead atoms. The summed E-state index contributed by atoms with van der Waals surface area (Å²) in [7, 11) is 0. The average Bonchev–Trinajstić information content (AvgIpc) is 2.47. The minimum Gasteiger partial charge on any atom is -0.478 e. The van der Waals surface area contributed by atoms with Gasteiger partial charge in [-0.05, 0) is 34.7 Å². The Labute approximate surface area is 101 Å². The number of hydrogen-bond donors (Lipinski definition) is 2. The normalized spacial score (nSPS) is 10.7. The number of H-pyrrole nitrogens is 1. The molecule has 0 aliphatic heterocycles. The number of carboxylic acids is 1. The van der Waals surface area contributed by atoms with E-state index in [1.165, 1.54) is 0 Å². The van der Waals surface area contributed by atoms with Crippen molar-refractivity contribution in [1.82, 2.24) is 10.2 Å². The number of carbonyl (C=O) groups is 1. The first-order valence-electron chi connectivity index (χ1n) is 3.66. The number of benzene rings is 1. The summed E-state index contributed by atoms with van der Waals surface area (Å²) < 4.78 is 1.50. The quantitative estimate of drug-likeness (QED) is 0.762. The van der Waals surface area contributed by atoms with E-state index in [4.69, 9.17) is 5.11 Å². The van der Waals surface area contributed by atoms with Crippen molar-refractivity contribution < 1.29 is 9.90 Å². The molecule has 0 amide bonds. The van der Waals surface area contributed by atoms with Crippen LogP contribution in [0.3, 0.4) is 0 Å². The molecule has 6 heteroatoms. The number of nitrogens with zero attached hydrogens (tertiary/aromatic N) is 1. The number of halogens is 2. The van der Waals surface area contributed by atoms with E-state index in [9.17, 15) is 4.79 Å². The third-order valence-electron chi connectivity index (χ3n) is 1.82. The summed E-state index contributed by atoms with van der Waals surface area (Å²) in [5.41, 5.74) is 0.787. The van der Waals surface area contributed by atoms with Crippen LogP contribution in [0.5, 0.6) is 0 Å². The highest BCUT2D eigenvalue weighted by molar-refractivity contribution is 14.1. The molecule has 72 valence electrons. The van der Waals surface area contributed by atoms with Crippen LogP contribution in [0.1, 0.15) is 10.4 Å². The van der Waals surface area contributed by atoms with Crippen molar-refractivity contribution in [2.75, 3.05) is 0 Å². The van der Waals surface area contributed by atoms with Crippen LogP contribution in [0.2, 0.25) is 0 Å². The van der Waals surface area contributed by atoms with E-state index in [1.807, 2.05) is 6.07 Å². The molecular weight excluding hydrogens is 363 g/mol. The molecule has 0 radical (unpaired) electrons. The van der Waals surface area contributed by atoms with Gasteiger partial charge in [-0.15, -0.1) is 0 Å². The Bertz CT molecular complexity index is 523. The van der Waals surface area contributed by atoms with Crippen LogP contribution >= 0.6 is 38.5 Å². The van der Waals surface area contributed by atoms with Crippen molar-refractivity contribution in [1.29, 1.82) is 0 Å². The Balaban J connectivity index is 2.88. The predicted molar refractivity (Wildman–Crippen MR) is 63.5 cm³/mol. The van der Waals surface area contributed by atoms with E-state index in [0.717, 1.165) is 13.6 Å². The number of fused-ring (bicyclic) bond motifs is 1. The Morgan fingerprint density at radius 2 is 2.29 bits per heavy atom. The number of aromatic amines is 1. The highest BCUT2D eigenvalue weighted by Gasteiger charge is 2.13. The Morgan fingerprint density at radius 1 is 1.57 bits per heavy atom. The summed E-state index contributed by atoms with van der Waals surface area (Å²) in [6, 6.07) is 3.39. The van der Waals surface area contributed by atoms with Crippen LogP contribution < -0.4 is 0 Å². The summed E-state index contributed by atoms with van der Waals surface area (Å²) in [6.07, 6.45) is 0. The van der Waals surface area contributed by atoms with Crippen molar-refractivity contribution >= 4 is 55.4 Å².